The molecular weight excluding hydrogens is 324 g/mol. The lowest BCUT2D eigenvalue weighted by Crippen LogP contribution is -2.30. The van der Waals surface area contributed by atoms with E-state index in [4.69, 9.17) is 11.6 Å². The number of carbonyl (C=O) groups is 1. The molecule has 3 rings (SSSR count). The van der Waals surface area contributed by atoms with Gasteiger partial charge in [-0.3, -0.25) is 4.79 Å². The van der Waals surface area contributed by atoms with Crippen LogP contribution in [0.25, 0.3) is 10.9 Å². The summed E-state index contributed by atoms with van der Waals surface area (Å²) in [5.74, 6) is -0.711. The van der Waals surface area contributed by atoms with Gasteiger partial charge in [0.25, 0.3) is 15.9 Å². The number of hydrogen-bond acceptors (Lipinski definition) is 3. The molecule has 0 saturated heterocycles. The molecule has 0 atom stereocenters. The van der Waals surface area contributed by atoms with Gasteiger partial charge in [-0.05, 0) is 18.2 Å². The maximum Gasteiger partial charge on any atom is 0.267 e. The maximum absolute atomic E-state index is 12.3. The fourth-order valence-corrected chi connectivity index (χ4v) is 3.64. The Morgan fingerprint density at radius 2 is 1.73 bits per heavy atom. The van der Waals surface area contributed by atoms with Crippen molar-refractivity contribution in [1.29, 1.82) is 0 Å². The smallest absolute Gasteiger partial charge is 0.267 e. The number of fused-ring (bicyclic) bond motifs is 1. The van der Waals surface area contributed by atoms with Crippen molar-refractivity contribution >= 4 is 38.4 Å². The van der Waals surface area contributed by atoms with Gasteiger partial charge in [-0.1, -0.05) is 41.9 Å². The van der Waals surface area contributed by atoms with Gasteiger partial charge in [-0.2, -0.15) is 0 Å². The van der Waals surface area contributed by atoms with Gasteiger partial charge >= 0.3 is 0 Å². The van der Waals surface area contributed by atoms with E-state index in [1.807, 2.05) is 10.8 Å². The van der Waals surface area contributed by atoms with Gasteiger partial charge in [-0.15, -0.1) is 0 Å². The Hall–Kier alpha value is -2.31. The predicted molar refractivity (Wildman–Crippen MR) is 84.4 cm³/mol. The lowest BCUT2D eigenvalue weighted by atomic mass is 10.2. The number of nitrogens with one attached hydrogen (secondary N) is 2. The summed E-state index contributed by atoms with van der Waals surface area (Å²) in [4.78, 5) is 15.1. The van der Waals surface area contributed by atoms with Crippen LogP contribution in [-0.2, 0) is 10.0 Å². The summed E-state index contributed by atoms with van der Waals surface area (Å²) < 4.78 is 26.6. The van der Waals surface area contributed by atoms with Crippen LogP contribution in [0.4, 0.5) is 0 Å². The zero-order valence-electron chi connectivity index (χ0n) is 11.2. The molecular formula is C15H11ClN2O3S. The highest BCUT2D eigenvalue weighted by atomic mass is 35.5. The first-order chi connectivity index (χ1) is 10.5. The highest BCUT2D eigenvalue weighted by Crippen LogP contribution is 2.22. The zero-order chi connectivity index (χ0) is 15.7. The first-order valence-corrected chi connectivity index (χ1v) is 8.23. The molecule has 0 aliphatic heterocycles. The molecule has 22 heavy (non-hydrogen) atoms. The Morgan fingerprint density at radius 1 is 1.05 bits per heavy atom. The number of aromatic nitrogens is 1. The summed E-state index contributed by atoms with van der Waals surface area (Å²) in [5.41, 5.74) is 1.01. The minimum atomic E-state index is -4.03. The van der Waals surface area contributed by atoms with E-state index in [1.54, 1.807) is 24.3 Å². The Bertz CT molecular complexity index is 964. The molecule has 1 amide bonds. The van der Waals surface area contributed by atoms with Crippen molar-refractivity contribution < 1.29 is 13.2 Å². The van der Waals surface area contributed by atoms with E-state index in [2.05, 4.69) is 4.98 Å². The standard InChI is InChI=1S/C15H11ClN2O3S/c16-12-6-2-4-8-14(12)22(20,21)18-15(19)11-9-17-13-7-3-1-5-10(11)13/h1-9,17H,(H,18,19). The summed E-state index contributed by atoms with van der Waals surface area (Å²) in [7, 11) is -4.03. The molecule has 0 saturated carbocycles. The molecule has 5 nitrogen and oxygen atoms in total. The van der Waals surface area contributed by atoms with Gasteiger partial charge in [0.2, 0.25) is 0 Å². The van der Waals surface area contributed by atoms with Crippen molar-refractivity contribution in [2.45, 2.75) is 4.90 Å². The second-order valence-electron chi connectivity index (χ2n) is 4.61. The lowest BCUT2D eigenvalue weighted by Gasteiger charge is -2.07. The molecule has 7 heteroatoms. The maximum atomic E-state index is 12.3. The van der Waals surface area contributed by atoms with Crippen LogP contribution in [0.15, 0.2) is 59.6 Å². The summed E-state index contributed by atoms with van der Waals surface area (Å²) in [6, 6.07) is 13.1. The molecule has 1 heterocycles. The second kappa shape index (κ2) is 5.47. The Labute approximate surface area is 132 Å². The molecule has 0 fully saturated rings. The van der Waals surface area contributed by atoms with Crippen molar-refractivity contribution in [2.75, 3.05) is 0 Å². The van der Waals surface area contributed by atoms with E-state index >= 15 is 0 Å². The Kier molecular flexibility index (Phi) is 3.64. The molecule has 0 radical (unpaired) electrons. The third-order valence-electron chi connectivity index (χ3n) is 3.19. The molecule has 1 aromatic heterocycles. The van der Waals surface area contributed by atoms with Crippen LogP contribution in [0.5, 0.6) is 0 Å². The lowest BCUT2D eigenvalue weighted by molar-refractivity contribution is 0.0983. The normalized spacial score (nSPS) is 11.5. The average Bonchev–Trinajstić information content (AvgIpc) is 2.91. The van der Waals surface area contributed by atoms with Crippen molar-refractivity contribution in [3.8, 4) is 0 Å². The van der Waals surface area contributed by atoms with E-state index in [9.17, 15) is 13.2 Å². The van der Waals surface area contributed by atoms with Crippen molar-refractivity contribution in [1.82, 2.24) is 9.71 Å². The topological polar surface area (TPSA) is 79.0 Å². The summed E-state index contributed by atoms with van der Waals surface area (Å²) in [6.45, 7) is 0. The zero-order valence-corrected chi connectivity index (χ0v) is 12.8. The average molecular weight is 335 g/mol. The number of rotatable bonds is 3. The summed E-state index contributed by atoms with van der Waals surface area (Å²) in [6.07, 6.45) is 1.47. The second-order valence-corrected chi connectivity index (χ2v) is 6.67. The van der Waals surface area contributed by atoms with Gasteiger partial charge in [0.15, 0.2) is 0 Å². The number of carbonyl (C=O) groups excluding carboxylic acids is 1. The highest BCUT2D eigenvalue weighted by Gasteiger charge is 2.22. The molecule has 0 aliphatic rings. The molecule has 112 valence electrons. The van der Waals surface area contributed by atoms with Gasteiger partial charge in [0.05, 0.1) is 10.6 Å². The van der Waals surface area contributed by atoms with E-state index in [1.165, 1.54) is 24.4 Å². The van der Waals surface area contributed by atoms with Crippen LogP contribution in [0.2, 0.25) is 5.02 Å². The van der Waals surface area contributed by atoms with Crippen molar-refractivity contribution in [3.63, 3.8) is 0 Å². The first kappa shape index (κ1) is 14.6. The molecule has 0 bridgehead atoms. The van der Waals surface area contributed by atoms with Crippen LogP contribution in [0.1, 0.15) is 10.4 Å². The van der Waals surface area contributed by atoms with Gasteiger partial charge < -0.3 is 4.98 Å². The van der Waals surface area contributed by atoms with Crippen LogP contribution < -0.4 is 4.72 Å². The number of amides is 1. The molecule has 2 N–H and O–H groups in total. The number of H-pyrrole nitrogens is 1. The molecule has 3 aromatic rings. The Morgan fingerprint density at radius 3 is 2.50 bits per heavy atom. The van der Waals surface area contributed by atoms with E-state index < -0.39 is 15.9 Å². The van der Waals surface area contributed by atoms with Gasteiger partial charge in [0, 0.05) is 17.1 Å². The largest absolute Gasteiger partial charge is 0.360 e. The number of aromatic amines is 1. The van der Waals surface area contributed by atoms with Crippen molar-refractivity contribution in [2.24, 2.45) is 0 Å². The van der Waals surface area contributed by atoms with Gasteiger partial charge in [-0.25, -0.2) is 13.1 Å². The minimum Gasteiger partial charge on any atom is -0.360 e. The molecule has 0 spiro atoms. The van der Waals surface area contributed by atoms with E-state index in [-0.39, 0.29) is 15.5 Å². The number of sulfonamides is 1. The summed E-state index contributed by atoms with van der Waals surface area (Å²) in [5, 5.41) is 0.705. The highest BCUT2D eigenvalue weighted by molar-refractivity contribution is 7.90. The minimum absolute atomic E-state index is 0.0572. The van der Waals surface area contributed by atoms with Crippen LogP contribution in [0, 0.1) is 0 Å². The number of halogens is 1. The van der Waals surface area contributed by atoms with E-state index in [0.29, 0.717) is 5.39 Å². The molecule has 2 aromatic carbocycles. The summed E-state index contributed by atoms with van der Waals surface area (Å²) >= 11 is 5.88. The number of benzene rings is 2. The molecule has 0 unspecified atom stereocenters. The third kappa shape index (κ3) is 2.58. The van der Waals surface area contributed by atoms with Crippen LogP contribution in [0.3, 0.4) is 0 Å². The van der Waals surface area contributed by atoms with Crippen LogP contribution in [-0.4, -0.2) is 19.3 Å². The Balaban J connectivity index is 1.96. The SMILES string of the molecule is O=C(NS(=O)(=O)c1ccccc1Cl)c1c[nH]c2ccccc12. The molecule has 0 aliphatic carbocycles. The quantitative estimate of drug-likeness (QED) is 0.773. The fraction of sp³-hybridized carbons (Fsp3) is 0. The monoisotopic (exact) mass is 334 g/mol. The van der Waals surface area contributed by atoms with Crippen molar-refractivity contribution in [3.05, 3.63) is 65.3 Å². The van der Waals surface area contributed by atoms with Gasteiger partial charge in [0.1, 0.15) is 4.90 Å². The number of para-hydroxylation sites is 1. The third-order valence-corrected chi connectivity index (χ3v) is 5.02. The van der Waals surface area contributed by atoms with E-state index in [0.717, 1.165) is 5.52 Å². The van der Waals surface area contributed by atoms with Crippen LogP contribution >= 0.6 is 11.6 Å². The fourth-order valence-electron chi connectivity index (χ4n) is 2.15. The predicted octanol–water partition coefficient (Wildman–Crippen LogP) is 2.94. The number of hydrogen-bond donors (Lipinski definition) is 2. The first-order valence-electron chi connectivity index (χ1n) is 6.37.